The van der Waals surface area contributed by atoms with Crippen molar-refractivity contribution in [1.29, 1.82) is 0 Å². The molecule has 1 amide bonds. The number of nitro groups is 1. The van der Waals surface area contributed by atoms with Gasteiger partial charge in [0.05, 0.1) is 21.1 Å². The Labute approximate surface area is 169 Å². The van der Waals surface area contributed by atoms with E-state index in [0.717, 1.165) is 19.3 Å². The predicted octanol–water partition coefficient (Wildman–Crippen LogP) is 3.64. The first-order valence-corrected chi connectivity index (χ1v) is 10.8. The van der Waals surface area contributed by atoms with Crippen LogP contribution in [0.3, 0.4) is 0 Å². The number of hydrogen-bond donors (Lipinski definition) is 1. The summed E-state index contributed by atoms with van der Waals surface area (Å²) in [6.45, 7) is 4.22. The fourth-order valence-corrected chi connectivity index (χ4v) is 4.95. The Morgan fingerprint density at radius 2 is 1.79 bits per heavy atom. The lowest BCUT2D eigenvalue weighted by Crippen LogP contribution is -2.35. The summed E-state index contributed by atoms with van der Waals surface area (Å²) >= 11 is 0. The third kappa shape index (κ3) is 4.30. The number of carbonyl (C=O) groups is 1. The summed E-state index contributed by atoms with van der Waals surface area (Å²) in [4.78, 5) is 23.5. The Hall–Kier alpha value is -2.78. The molecule has 1 aliphatic heterocycles. The second-order valence-electron chi connectivity index (χ2n) is 7.10. The first-order chi connectivity index (χ1) is 13.7. The van der Waals surface area contributed by atoms with E-state index in [4.69, 9.17) is 0 Å². The topological polar surface area (TPSA) is 110 Å². The molecule has 3 rings (SSSR count). The minimum absolute atomic E-state index is 0.0749. The number of nitrogens with one attached hydrogen (secondary N) is 1. The number of carbonyl (C=O) groups excluding carboxylic acids is 1. The third-order valence-electron chi connectivity index (χ3n) is 5.16. The maximum Gasteiger partial charge on any atom is 0.274 e. The lowest BCUT2D eigenvalue weighted by Gasteiger charge is -2.26. The van der Waals surface area contributed by atoms with Crippen molar-refractivity contribution in [3.63, 3.8) is 0 Å². The predicted molar refractivity (Wildman–Crippen MR) is 110 cm³/mol. The number of amides is 1. The summed E-state index contributed by atoms with van der Waals surface area (Å²) in [5.74, 6) is -0.512. The van der Waals surface area contributed by atoms with Crippen LogP contribution in [0.4, 0.5) is 11.4 Å². The van der Waals surface area contributed by atoms with Crippen LogP contribution in [-0.4, -0.2) is 36.6 Å². The highest BCUT2D eigenvalue weighted by Gasteiger charge is 2.27. The zero-order chi connectivity index (χ0) is 21.2. The van der Waals surface area contributed by atoms with Crippen LogP contribution in [0.5, 0.6) is 0 Å². The molecule has 0 atom stereocenters. The lowest BCUT2D eigenvalue weighted by molar-refractivity contribution is -0.385. The molecule has 0 spiro atoms. The number of nitrogens with zero attached hydrogens (tertiary/aromatic N) is 2. The summed E-state index contributed by atoms with van der Waals surface area (Å²) in [6.07, 6.45) is 2.66. The van der Waals surface area contributed by atoms with Crippen molar-refractivity contribution >= 4 is 27.3 Å². The average Bonchev–Trinajstić information content (AvgIpc) is 2.70. The first-order valence-electron chi connectivity index (χ1n) is 9.38. The maximum atomic E-state index is 12.9. The quantitative estimate of drug-likeness (QED) is 0.590. The van der Waals surface area contributed by atoms with E-state index in [9.17, 15) is 23.3 Å². The Kier molecular flexibility index (Phi) is 5.99. The van der Waals surface area contributed by atoms with E-state index in [2.05, 4.69) is 5.32 Å². The number of nitro benzene ring substituents is 1. The number of sulfonamides is 1. The largest absolute Gasteiger partial charge is 0.321 e. The summed E-state index contributed by atoms with van der Waals surface area (Å²) < 4.78 is 27.3. The third-order valence-corrected chi connectivity index (χ3v) is 7.05. The fourth-order valence-electron chi connectivity index (χ4n) is 3.41. The molecular weight excluding hydrogens is 394 g/mol. The van der Waals surface area contributed by atoms with E-state index >= 15 is 0 Å². The van der Waals surface area contributed by atoms with Crippen LogP contribution in [0.1, 0.15) is 40.7 Å². The molecule has 0 bridgehead atoms. The number of piperidine rings is 1. The standard InChI is InChI=1S/C20H23N3O5S/c1-14-9-10-16(29(27,28)22-11-4-3-5-12-22)13-17(14)20(24)21-18-7-6-8-19(15(18)2)23(25)26/h6-10,13H,3-5,11-12H2,1-2H3,(H,21,24). The number of rotatable bonds is 5. The molecule has 9 heteroatoms. The average molecular weight is 417 g/mol. The highest BCUT2D eigenvalue weighted by molar-refractivity contribution is 7.89. The smallest absolute Gasteiger partial charge is 0.274 e. The van der Waals surface area contributed by atoms with Gasteiger partial charge in [0.15, 0.2) is 0 Å². The Balaban J connectivity index is 1.91. The summed E-state index contributed by atoms with van der Waals surface area (Å²) in [5.41, 5.74) is 1.38. The molecule has 0 unspecified atom stereocenters. The minimum atomic E-state index is -3.67. The molecule has 2 aromatic rings. The molecule has 0 saturated carbocycles. The van der Waals surface area contributed by atoms with Gasteiger partial charge in [-0.25, -0.2) is 8.42 Å². The highest BCUT2D eigenvalue weighted by atomic mass is 32.2. The van der Waals surface area contributed by atoms with E-state index in [-0.39, 0.29) is 16.1 Å². The van der Waals surface area contributed by atoms with Crippen molar-refractivity contribution in [2.75, 3.05) is 18.4 Å². The van der Waals surface area contributed by atoms with Crippen LogP contribution in [0.15, 0.2) is 41.3 Å². The molecule has 0 radical (unpaired) electrons. The molecular formula is C20H23N3O5S. The number of hydrogen-bond acceptors (Lipinski definition) is 5. The second-order valence-corrected chi connectivity index (χ2v) is 9.04. The maximum absolute atomic E-state index is 12.9. The monoisotopic (exact) mass is 417 g/mol. The molecule has 0 aliphatic carbocycles. The molecule has 0 aromatic heterocycles. The van der Waals surface area contributed by atoms with E-state index in [0.29, 0.717) is 29.9 Å². The summed E-state index contributed by atoms with van der Waals surface area (Å²) in [5, 5.41) is 13.8. The fraction of sp³-hybridized carbons (Fsp3) is 0.350. The first kappa shape index (κ1) is 20.9. The van der Waals surface area contributed by atoms with Gasteiger partial charge in [-0.3, -0.25) is 14.9 Å². The van der Waals surface area contributed by atoms with Crippen molar-refractivity contribution in [3.8, 4) is 0 Å². The Morgan fingerprint density at radius 3 is 2.45 bits per heavy atom. The normalized spacial score (nSPS) is 15.1. The van der Waals surface area contributed by atoms with E-state index in [1.54, 1.807) is 26.0 Å². The van der Waals surface area contributed by atoms with Gasteiger partial charge < -0.3 is 5.32 Å². The second kappa shape index (κ2) is 8.30. The van der Waals surface area contributed by atoms with Crippen LogP contribution in [0, 0.1) is 24.0 Å². The van der Waals surface area contributed by atoms with Crippen LogP contribution < -0.4 is 5.32 Å². The zero-order valence-corrected chi connectivity index (χ0v) is 17.2. The molecule has 1 heterocycles. The van der Waals surface area contributed by atoms with Crippen molar-refractivity contribution < 1.29 is 18.1 Å². The van der Waals surface area contributed by atoms with Gasteiger partial charge in [0.25, 0.3) is 11.6 Å². The van der Waals surface area contributed by atoms with Gasteiger partial charge in [-0.2, -0.15) is 4.31 Å². The minimum Gasteiger partial charge on any atom is -0.321 e. The van der Waals surface area contributed by atoms with Crippen molar-refractivity contribution in [2.24, 2.45) is 0 Å². The van der Waals surface area contributed by atoms with Crippen LogP contribution in [0.25, 0.3) is 0 Å². The lowest BCUT2D eigenvalue weighted by atomic mass is 10.1. The molecule has 1 N–H and O–H groups in total. The number of aryl methyl sites for hydroxylation is 1. The Bertz CT molecular complexity index is 1060. The molecule has 1 fully saturated rings. The Morgan fingerprint density at radius 1 is 1.10 bits per heavy atom. The van der Waals surface area contributed by atoms with Gasteiger partial charge in [0.2, 0.25) is 10.0 Å². The van der Waals surface area contributed by atoms with Crippen molar-refractivity contribution in [3.05, 3.63) is 63.2 Å². The molecule has 8 nitrogen and oxygen atoms in total. The highest BCUT2D eigenvalue weighted by Crippen LogP contribution is 2.27. The van der Waals surface area contributed by atoms with Gasteiger partial charge in [-0.05, 0) is 50.5 Å². The zero-order valence-electron chi connectivity index (χ0n) is 16.3. The van der Waals surface area contributed by atoms with Gasteiger partial charge >= 0.3 is 0 Å². The molecule has 1 saturated heterocycles. The van der Waals surface area contributed by atoms with Gasteiger partial charge in [-0.1, -0.05) is 18.6 Å². The van der Waals surface area contributed by atoms with Crippen molar-refractivity contribution in [1.82, 2.24) is 4.31 Å². The molecule has 2 aromatic carbocycles. The van der Waals surface area contributed by atoms with Gasteiger partial charge in [0, 0.05) is 24.7 Å². The van der Waals surface area contributed by atoms with Crippen molar-refractivity contribution in [2.45, 2.75) is 38.0 Å². The molecule has 29 heavy (non-hydrogen) atoms. The van der Waals surface area contributed by atoms with Crippen LogP contribution in [0.2, 0.25) is 0 Å². The van der Waals surface area contributed by atoms with Gasteiger partial charge in [0.1, 0.15) is 0 Å². The number of anilines is 1. The summed E-state index contributed by atoms with van der Waals surface area (Å²) in [6, 6.07) is 8.92. The number of benzene rings is 2. The molecule has 154 valence electrons. The summed E-state index contributed by atoms with van der Waals surface area (Å²) in [7, 11) is -3.67. The molecule has 1 aliphatic rings. The van der Waals surface area contributed by atoms with E-state index in [1.807, 2.05) is 0 Å². The van der Waals surface area contributed by atoms with Crippen LogP contribution >= 0.6 is 0 Å². The van der Waals surface area contributed by atoms with Gasteiger partial charge in [-0.15, -0.1) is 0 Å². The van der Waals surface area contributed by atoms with Crippen LogP contribution in [-0.2, 0) is 10.0 Å². The van der Waals surface area contributed by atoms with E-state index < -0.39 is 20.9 Å². The van der Waals surface area contributed by atoms with E-state index in [1.165, 1.54) is 28.6 Å². The SMILES string of the molecule is Cc1ccc(S(=O)(=O)N2CCCCC2)cc1C(=O)Nc1cccc([N+](=O)[O-])c1C.